The molecule has 3 aromatic carbocycles. The molecule has 1 aliphatic carbocycles. The molecule has 0 saturated carbocycles. The summed E-state index contributed by atoms with van der Waals surface area (Å²) in [7, 11) is 4.02. The molecular formula is C30H31N3O2. The lowest BCUT2D eigenvalue weighted by molar-refractivity contribution is -0.118. The molecule has 178 valence electrons. The van der Waals surface area contributed by atoms with Gasteiger partial charge in [-0.3, -0.25) is 9.59 Å². The van der Waals surface area contributed by atoms with Crippen molar-refractivity contribution < 1.29 is 9.59 Å². The van der Waals surface area contributed by atoms with Crippen LogP contribution in [0.5, 0.6) is 0 Å². The van der Waals surface area contributed by atoms with Gasteiger partial charge in [-0.25, -0.2) is 0 Å². The largest absolute Gasteiger partial charge is 0.378 e. The first-order valence-electron chi connectivity index (χ1n) is 12.0. The molecular weight excluding hydrogens is 434 g/mol. The number of rotatable bonds is 4. The maximum absolute atomic E-state index is 13.5. The monoisotopic (exact) mass is 465 g/mol. The molecule has 0 aromatic heterocycles. The molecule has 35 heavy (non-hydrogen) atoms. The van der Waals surface area contributed by atoms with Gasteiger partial charge in [0.2, 0.25) is 0 Å². The Kier molecular flexibility index (Phi) is 5.72. The van der Waals surface area contributed by atoms with Crippen molar-refractivity contribution in [1.82, 2.24) is 0 Å². The lowest BCUT2D eigenvalue weighted by Crippen LogP contribution is -2.31. The molecule has 0 spiro atoms. The number of hydrogen-bond acceptors (Lipinski definition) is 5. The van der Waals surface area contributed by atoms with Gasteiger partial charge in [0.15, 0.2) is 11.6 Å². The van der Waals surface area contributed by atoms with Crippen LogP contribution in [-0.4, -0.2) is 25.7 Å². The molecule has 1 heterocycles. The van der Waals surface area contributed by atoms with Crippen LogP contribution in [0.2, 0.25) is 0 Å². The van der Waals surface area contributed by atoms with Crippen molar-refractivity contribution in [3.05, 3.63) is 101 Å². The molecule has 0 radical (unpaired) electrons. The quantitative estimate of drug-likeness (QED) is 0.449. The minimum atomic E-state index is -0.305. The molecule has 0 amide bonds. The van der Waals surface area contributed by atoms with E-state index in [1.54, 1.807) is 0 Å². The number of nitrogens with zero attached hydrogens (tertiary/aromatic N) is 1. The minimum absolute atomic E-state index is 0.0266. The highest BCUT2D eigenvalue weighted by atomic mass is 16.1. The first-order valence-corrected chi connectivity index (χ1v) is 12.0. The molecule has 0 saturated heterocycles. The zero-order chi connectivity index (χ0) is 24.7. The molecule has 1 aliphatic heterocycles. The molecule has 0 unspecified atom stereocenters. The predicted octanol–water partition coefficient (Wildman–Crippen LogP) is 6.21. The van der Waals surface area contributed by atoms with Gasteiger partial charge in [0.1, 0.15) is 0 Å². The third-order valence-corrected chi connectivity index (χ3v) is 6.85. The number of carbonyl (C=O) groups excluding carboxylic acids is 2. The van der Waals surface area contributed by atoms with Crippen LogP contribution in [0.3, 0.4) is 0 Å². The third-order valence-electron chi connectivity index (χ3n) is 6.85. The Bertz CT molecular complexity index is 1320. The van der Waals surface area contributed by atoms with Gasteiger partial charge in [-0.1, -0.05) is 56.3 Å². The molecule has 5 heteroatoms. The Balaban J connectivity index is 1.59. The van der Waals surface area contributed by atoms with E-state index < -0.39 is 0 Å². The van der Waals surface area contributed by atoms with Crippen molar-refractivity contribution in [2.45, 2.75) is 32.7 Å². The lowest BCUT2D eigenvalue weighted by atomic mass is 9.73. The van der Waals surface area contributed by atoms with Crippen LogP contribution in [0.4, 0.5) is 17.1 Å². The second-order valence-electron chi connectivity index (χ2n) is 10.5. The van der Waals surface area contributed by atoms with Gasteiger partial charge in [-0.2, -0.15) is 0 Å². The van der Waals surface area contributed by atoms with Gasteiger partial charge in [0, 0.05) is 48.6 Å². The van der Waals surface area contributed by atoms with Crippen molar-refractivity contribution in [2.75, 3.05) is 29.6 Å². The summed E-state index contributed by atoms with van der Waals surface area (Å²) in [5.41, 5.74) is 6.70. The number of carbonyl (C=O) groups is 2. The van der Waals surface area contributed by atoms with E-state index in [9.17, 15) is 9.59 Å². The fourth-order valence-electron chi connectivity index (χ4n) is 5.06. The highest BCUT2D eigenvalue weighted by Crippen LogP contribution is 2.45. The van der Waals surface area contributed by atoms with Crippen molar-refractivity contribution in [1.29, 1.82) is 0 Å². The molecule has 2 N–H and O–H groups in total. The number of Topliss-reactive ketones (excluding diaryl/α,β-unsaturated/α-hetero) is 1. The first kappa shape index (κ1) is 22.9. The second-order valence-corrected chi connectivity index (χ2v) is 10.5. The Morgan fingerprint density at radius 2 is 1.60 bits per heavy atom. The fraction of sp³-hybridized carbons (Fsp3) is 0.267. The second kappa shape index (κ2) is 8.73. The summed E-state index contributed by atoms with van der Waals surface area (Å²) in [5.74, 6) is 0.132. The number of fused-ring (bicyclic) bond motifs is 1. The Labute approximate surface area is 206 Å². The third kappa shape index (κ3) is 4.46. The number of benzene rings is 3. The van der Waals surface area contributed by atoms with Crippen molar-refractivity contribution >= 4 is 28.6 Å². The number of hydrogen-bond donors (Lipinski definition) is 2. The topological polar surface area (TPSA) is 61.4 Å². The summed E-state index contributed by atoms with van der Waals surface area (Å²) in [5, 5.41) is 7.18. The van der Waals surface area contributed by atoms with Gasteiger partial charge in [0.25, 0.3) is 0 Å². The highest BCUT2D eigenvalue weighted by Gasteiger charge is 2.38. The molecule has 0 bridgehead atoms. The van der Waals surface area contributed by atoms with Crippen LogP contribution < -0.4 is 15.5 Å². The average molecular weight is 466 g/mol. The molecule has 1 atom stereocenters. The van der Waals surface area contributed by atoms with Gasteiger partial charge in [0.05, 0.1) is 17.4 Å². The van der Waals surface area contributed by atoms with Gasteiger partial charge < -0.3 is 15.5 Å². The van der Waals surface area contributed by atoms with Gasteiger partial charge >= 0.3 is 0 Å². The number of allylic oxidation sites excluding steroid dienone is 1. The highest BCUT2D eigenvalue weighted by molar-refractivity contribution is 6.10. The maximum atomic E-state index is 13.5. The van der Waals surface area contributed by atoms with Crippen LogP contribution in [0, 0.1) is 5.41 Å². The van der Waals surface area contributed by atoms with Crippen molar-refractivity contribution in [3.8, 4) is 0 Å². The van der Waals surface area contributed by atoms with Crippen LogP contribution in [0.1, 0.15) is 54.2 Å². The zero-order valence-electron chi connectivity index (χ0n) is 20.7. The van der Waals surface area contributed by atoms with Crippen LogP contribution in [-0.2, 0) is 4.79 Å². The van der Waals surface area contributed by atoms with E-state index in [0.29, 0.717) is 17.5 Å². The van der Waals surface area contributed by atoms with Crippen LogP contribution in [0.25, 0.3) is 0 Å². The zero-order valence-corrected chi connectivity index (χ0v) is 20.7. The van der Waals surface area contributed by atoms with Gasteiger partial charge in [-0.15, -0.1) is 0 Å². The van der Waals surface area contributed by atoms with E-state index in [1.807, 2.05) is 62.6 Å². The fourth-order valence-corrected chi connectivity index (χ4v) is 5.06. The van der Waals surface area contributed by atoms with E-state index in [2.05, 4.69) is 53.6 Å². The van der Waals surface area contributed by atoms with E-state index in [-0.39, 0.29) is 23.0 Å². The molecule has 0 fully saturated rings. The van der Waals surface area contributed by atoms with Crippen molar-refractivity contribution in [3.63, 3.8) is 0 Å². The van der Waals surface area contributed by atoms with Crippen LogP contribution in [0.15, 0.2) is 84.1 Å². The van der Waals surface area contributed by atoms with E-state index >= 15 is 0 Å². The molecule has 5 nitrogen and oxygen atoms in total. The van der Waals surface area contributed by atoms with E-state index in [1.165, 1.54) is 0 Å². The smallest absolute Gasteiger partial charge is 0.193 e. The van der Waals surface area contributed by atoms with E-state index in [4.69, 9.17) is 0 Å². The summed E-state index contributed by atoms with van der Waals surface area (Å²) >= 11 is 0. The Morgan fingerprint density at radius 3 is 2.29 bits per heavy atom. The minimum Gasteiger partial charge on any atom is -0.378 e. The summed E-state index contributed by atoms with van der Waals surface area (Å²) in [4.78, 5) is 28.7. The average Bonchev–Trinajstić information content (AvgIpc) is 2.99. The summed E-state index contributed by atoms with van der Waals surface area (Å²) in [6.07, 6.45) is 1.29. The molecule has 3 aromatic rings. The molecule has 5 rings (SSSR count). The normalized spacial score (nSPS) is 18.5. The summed E-state index contributed by atoms with van der Waals surface area (Å²) < 4.78 is 0. The Morgan fingerprint density at radius 1 is 0.886 bits per heavy atom. The van der Waals surface area contributed by atoms with Gasteiger partial charge in [-0.05, 0) is 47.7 Å². The SMILES string of the molecule is CN(C)c1ccc([C@H]2Nc3cc(C(=O)c4ccccc4)ccc3NC3=C2C(=O)CC(C)(C)C3)cc1. The predicted molar refractivity (Wildman–Crippen MR) is 142 cm³/mol. The standard InChI is InChI=1S/C30H31N3O2/c1-30(2)17-25-27(26(34)18-30)28(19-10-13-22(14-11-19)33(3)4)32-24-16-21(12-15-23(24)31-25)29(35)20-8-6-5-7-9-20/h5-16,28,31-32H,17-18H2,1-4H3/t28-/m1/s1. The first-order chi connectivity index (χ1) is 16.7. The molecule has 2 aliphatic rings. The Hall–Kier alpha value is -3.86. The summed E-state index contributed by atoms with van der Waals surface area (Å²) in [6, 6.07) is 23.0. The van der Waals surface area contributed by atoms with Crippen LogP contribution >= 0.6 is 0 Å². The number of anilines is 3. The van der Waals surface area contributed by atoms with Crippen molar-refractivity contribution in [2.24, 2.45) is 5.41 Å². The summed E-state index contributed by atoms with van der Waals surface area (Å²) in [6.45, 7) is 4.27. The number of ketones is 2. The van der Waals surface area contributed by atoms with E-state index in [0.717, 1.165) is 40.3 Å². The maximum Gasteiger partial charge on any atom is 0.193 e. The lowest BCUT2D eigenvalue weighted by Gasteiger charge is -2.34. The number of nitrogens with one attached hydrogen (secondary N) is 2.